The summed E-state index contributed by atoms with van der Waals surface area (Å²) in [6.07, 6.45) is 14.8. The Labute approximate surface area is 191 Å². The average Bonchev–Trinajstić information content (AvgIpc) is 3.01. The maximum atomic E-state index is 13.0. The molecule has 3 nitrogen and oxygen atoms in total. The normalized spacial score (nSPS) is 43.4. The Balaban J connectivity index is 1.54. The molecule has 0 spiro atoms. The summed E-state index contributed by atoms with van der Waals surface area (Å²) in [5.41, 5.74) is 1.90. The summed E-state index contributed by atoms with van der Waals surface area (Å²) in [5, 5.41) is 3.55. The summed E-state index contributed by atoms with van der Waals surface area (Å²) >= 11 is 0. The fraction of sp³-hybridized carbons (Fsp3) is 0.893. The summed E-state index contributed by atoms with van der Waals surface area (Å²) in [6, 6.07) is 0.344. The molecular formula is C28H47NO2. The second-order valence-electron chi connectivity index (χ2n) is 12.5. The van der Waals surface area contributed by atoms with Gasteiger partial charge in [0.25, 0.3) is 0 Å². The van der Waals surface area contributed by atoms with E-state index in [-0.39, 0.29) is 17.4 Å². The maximum Gasteiger partial charge on any atom is 0.244 e. The Bertz CT molecular complexity index is 699. The first kappa shape index (κ1) is 23.3. The SMILES string of the molecule is CO[C@H]1CC[C@@]2(C)C(=CC(=O)N[C@H]3[C@@H]4CC[C@H](C(C)CCCC(C)C)[C@@]4(C)CC[C@@H]32)C1. The van der Waals surface area contributed by atoms with Crippen LogP contribution < -0.4 is 5.32 Å². The van der Waals surface area contributed by atoms with E-state index in [1.807, 2.05) is 13.2 Å². The van der Waals surface area contributed by atoms with Crippen molar-refractivity contribution in [3.05, 3.63) is 11.6 Å². The number of carbonyl (C=O) groups is 1. The summed E-state index contributed by atoms with van der Waals surface area (Å²) < 4.78 is 5.70. The maximum absolute atomic E-state index is 13.0. The van der Waals surface area contributed by atoms with Crippen molar-refractivity contribution in [1.82, 2.24) is 5.32 Å². The molecule has 3 fully saturated rings. The predicted molar refractivity (Wildman–Crippen MR) is 128 cm³/mol. The van der Waals surface area contributed by atoms with Gasteiger partial charge in [0.05, 0.1) is 6.10 Å². The lowest BCUT2D eigenvalue weighted by atomic mass is 9.51. The highest BCUT2D eigenvalue weighted by Gasteiger charge is 2.59. The van der Waals surface area contributed by atoms with E-state index >= 15 is 0 Å². The van der Waals surface area contributed by atoms with Gasteiger partial charge in [-0.3, -0.25) is 4.79 Å². The molecule has 3 saturated carbocycles. The topological polar surface area (TPSA) is 38.3 Å². The summed E-state index contributed by atoms with van der Waals surface area (Å²) in [4.78, 5) is 13.0. The van der Waals surface area contributed by atoms with E-state index in [4.69, 9.17) is 4.74 Å². The fourth-order valence-electron chi connectivity index (χ4n) is 8.49. The average molecular weight is 430 g/mol. The van der Waals surface area contributed by atoms with Crippen molar-refractivity contribution in [1.29, 1.82) is 0 Å². The molecule has 3 aliphatic carbocycles. The van der Waals surface area contributed by atoms with Gasteiger partial charge in [0.1, 0.15) is 0 Å². The number of ether oxygens (including phenoxy) is 1. The molecule has 0 aromatic heterocycles. The Morgan fingerprint density at radius 1 is 1.06 bits per heavy atom. The van der Waals surface area contributed by atoms with Gasteiger partial charge in [-0.1, -0.05) is 59.5 Å². The van der Waals surface area contributed by atoms with Gasteiger partial charge in [-0.05, 0) is 85.4 Å². The van der Waals surface area contributed by atoms with E-state index in [1.54, 1.807) is 0 Å². The number of nitrogens with one attached hydrogen (secondary N) is 1. The van der Waals surface area contributed by atoms with Gasteiger partial charge in [0, 0.05) is 19.2 Å². The van der Waals surface area contributed by atoms with Gasteiger partial charge in [-0.2, -0.15) is 0 Å². The van der Waals surface area contributed by atoms with Crippen LogP contribution in [0.25, 0.3) is 0 Å². The number of methoxy groups -OCH3 is 1. The molecule has 3 heteroatoms. The highest BCUT2D eigenvalue weighted by molar-refractivity contribution is 5.89. The third kappa shape index (κ3) is 4.13. The molecule has 1 heterocycles. The summed E-state index contributed by atoms with van der Waals surface area (Å²) in [7, 11) is 1.82. The standard InChI is InChI=1S/C28H47NO2/c1-18(2)8-7-9-19(3)22-10-11-23-26-24(13-15-28(22,23)5)27(4)14-12-21(31-6)16-20(27)17-25(30)29-26/h17-19,21-24,26H,7-16H2,1-6H3,(H,29,30)/t19?,21-,22+,23-,24-,26-,27-,28+/m0/s1. The number of fused-ring (bicyclic) bond motifs is 5. The van der Waals surface area contributed by atoms with Crippen LogP contribution in [0.4, 0.5) is 0 Å². The lowest BCUT2D eigenvalue weighted by Crippen LogP contribution is -2.56. The highest BCUT2D eigenvalue weighted by Crippen LogP contribution is 2.63. The molecule has 31 heavy (non-hydrogen) atoms. The number of amides is 1. The minimum Gasteiger partial charge on any atom is -0.381 e. The molecule has 1 amide bonds. The predicted octanol–water partition coefficient (Wildman–Crippen LogP) is 6.52. The Kier molecular flexibility index (Phi) is 6.65. The molecule has 0 aromatic carbocycles. The van der Waals surface area contributed by atoms with Crippen LogP contribution in [0.3, 0.4) is 0 Å². The van der Waals surface area contributed by atoms with E-state index in [1.165, 1.54) is 50.5 Å². The van der Waals surface area contributed by atoms with Crippen molar-refractivity contribution in [2.75, 3.05) is 7.11 Å². The molecule has 4 rings (SSSR count). The summed E-state index contributed by atoms with van der Waals surface area (Å²) in [6.45, 7) is 12.3. The van der Waals surface area contributed by atoms with Crippen LogP contribution in [-0.4, -0.2) is 25.2 Å². The fourth-order valence-corrected chi connectivity index (χ4v) is 8.49. The van der Waals surface area contributed by atoms with E-state index in [2.05, 4.69) is 39.9 Å². The van der Waals surface area contributed by atoms with E-state index in [0.29, 0.717) is 23.3 Å². The van der Waals surface area contributed by atoms with Crippen molar-refractivity contribution >= 4 is 5.91 Å². The van der Waals surface area contributed by atoms with Crippen LogP contribution >= 0.6 is 0 Å². The Morgan fingerprint density at radius 2 is 1.84 bits per heavy atom. The zero-order valence-electron chi connectivity index (χ0n) is 21.0. The minimum atomic E-state index is 0.154. The monoisotopic (exact) mass is 429 g/mol. The van der Waals surface area contributed by atoms with Gasteiger partial charge in [-0.15, -0.1) is 0 Å². The zero-order chi connectivity index (χ0) is 22.4. The van der Waals surface area contributed by atoms with Gasteiger partial charge in [0.15, 0.2) is 0 Å². The largest absolute Gasteiger partial charge is 0.381 e. The third-order valence-electron chi connectivity index (χ3n) is 10.4. The number of hydrogen-bond acceptors (Lipinski definition) is 2. The molecule has 4 aliphatic rings. The van der Waals surface area contributed by atoms with Crippen molar-refractivity contribution < 1.29 is 9.53 Å². The van der Waals surface area contributed by atoms with Gasteiger partial charge < -0.3 is 10.1 Å². The molecule has 0 radical (unpaired) electrons. The van der Waals surface area contributed by atoms with Gasteiger partial charge in [-0.25, -0.2) is 0 Å². The van der Waals surface area contributed by atoms with Crippen molar-refractivity contribution in [2.45, 2.75) is 111 Å². The molecule has 1 unspecified atom stereocenters. The minimum absolute atomic E-state index is 0.154. The van der Waals surface area contributed by atoms with E-state index in [9.17, 15) is 4.79 Å². The summed E-state index contributed by atoms with van der Waals surface area (Å²) in [5.74, 6) is 3.80. The van der Waals surface area contributed by atoms with Crippen LogP contribution in [0.5, 0.6) is 0 Å². The molecular weight excluding hydrogens is 382 g/mol. The molecule has 0 aromatic rings. The number of hydrogen-bond donors (Lipinski definition) is 1. The second-order valence-corrected chi connectivity index (χ2v) is 12.5. The van der Waals surface area contributed by atoms with Gasteiger partial charge >= 0.3 is 0 Å². The molecule has 176 valence electrons. The second kappa shape index (κ2) is 8.84. The van der Waals surface area contributed by atoms with Crippen molar-refractivity contribution in [3.8, 4) is 0 Å². The quantitative estimate of drug-likeness (QED) is 0.522. The Hall–Kier alpha value is -0.830. The lowest BCUT2D eigenvalue weighted by molar-refractivity contribution is -0.119. The molecule has 0 bridgehead atoms. The van der Waals surface area contributed by atoms with Crippen LogP contribution in [-0.2, 0) is 9.53 Å². The molecule has 0 saturated heterocycles. The third-order valence-corrected chi connectivity index (χ3v) is 10.4. The van der Waals surface area contributed by atoms with Crippen molar-refractivity contribution in [3.63, 3.8) is 0 Å². The first-order valence-electron chi connectivity index (χ1n) is 13.2. The van der Waals surface area contributed by atoms with Crippen LogP contribution in [0.1, 0.15) is 98.8 Å². The first-order valence-corrected chi connectivity index (χ1v) is 13.2. The Morgan fingerprint density at radius 3 is 2.55 bits per heavy atom. The molecule has 1 N–H and O–H groups in total. The van der Waals surface area contributed by atoms with Crippen molar-refractivity contribution in [2.24, 2.45) is 40.4 Å². The van der Waals surface area contributed by atoms with Crippen LogP contribution in [0.2, 0.25) is 0 Å². The number of rotatable bonds is 6. The highest BCUT2D eigenvalue weighted by atomic mass is 16.5. The number of carbonyl (C=O) groups excluding carboxylic acids is 1. The van der Waals surface area contributed by atoms with E-state index < -0.39 is 0 Å². The lowest BCUT2D eigenvalue weighted by Gasteiger charge is -2.55. The van der Waals surface area contributed by atoms with Crippen LogP contribution in [0, 0.1) is 40.4 Å². The van der Waals surface area contributed by atoms with E-state index in [0.717, 1.165) is 37.0 Å². The van der Waals surface area contributed by atoms with Gasteiger partial charge in [0.2, 0.25) is 5.91 Å². The zero-order valence-corrected chi connectivity index (χ0v) is 21.0. The first-order chi connectivity index (χ1) is 14.7. The molecule has 8 atom stereocenters. The molecule has 1 aliphatic heterocycles. The van der Waals surface area contributed by atoms with Crippen LogP contribution in [0.15, 0.2) is 11.6 Å². The smallest absolute Gasteiger partial charge is 0.244 e.